The third-order valence-electron chi connectivity index (χ3n) is 3.68. The average Bonchev–Trinajstić information content (AvgIpc) is 2.84. The highest BCUT2D eigenvalue weighted by atomic mass is 79.9. The number of carboxylic acid groups (broad SMARTS) is 1. The van der Waals surface area contributed by atoms with Gasteiger partial charge in [-0.2, -0.15) is 0 Å². The number of nitrogens with one attached hydrogen (secondary N) is 1. The van der Waals surface area contributed by atoms with Crippen molar-refractivity contribution in [1.82, 2.24) is 9.88 Å². The Balaban J connectivity index is 1.83. The maximum atomic E-state index is 12.7. The van der Waals surface area contributed by atoms with Crippen LogP contribution >= 0.6 is 15.9 Å². The van der Waals surface area contributed by atoms with Crippen LogP contribution in [0.15, 0.2) is 28.7 Å². The largest absolute Gasteiger partial charge is 0.481 e. The number of morpholine rings is 1. The summed E-state index contributed by atoms with van der Waals surface area (Å²) in [4.78, 5) is 28.2. The van der Waals surface area contributed by atoms with Crippen LogP contribution in [-0.2, 0) is 9.53 Å². The second kappa shape index (κ2) is 6.10. The van der Waals surface area contributed by atoms with Crippen LogP contribution in [-0.4, -0.2) is 52.7 Å². The normalized spacial score (nSPS) is 18.6. The zero-order valence-corrected chi connectivity index (χ0v) is 13.3. The van der Waals surface area contributed by atoms with Crippen LogP contribution in [0.25, 0.3) is 10.9 Å². The molecule has 1 fully saturated rings. The number of nitrogens with zero attached hydrogens (tertiary/aromatic N) is 1. The van der Waals surface area contributed by atoms with E-state index in [1.807, 2.05) is 24.3 Å². The number of H-pyrrole nitrogens is 1. The summed E-state index contributed by atoms with van der Waals surface area (Å²) in [5, 5.41) is 9.80. The van der Waals surface area contributed by atoms with Gasteiger partial charge in [0, 0.05) is 24.0 Å². The van der Waals surface area contributed by atoms with Crippen molar-refractivity contribution in [3.8, 4) is 0 Å². The minimum absolute atomic E-state index is 0.0996. The van der Waals surface area contributed by atoms with Crippen molar-refractivity contribution in [2.75, 3.05) is 19.7 Å². The molecule has 7 heteroatoms. The molecule has 1 aromatic heterocycles. The van der Waals surface area contributed by atoms with E-state index < -0.39 is 12.1 Å². The molecular formula is C15H15BrN2O4. The van der Waals surface area contributed by atoms with Crippen LogP contribution in [0.4, 0.5) is 0 Å². The molecule has 0 spiro atoms. The average molecular weight is 367 g/mol. The fourth-order valence-electron chi connectivity index (χ4n) is 2.64. The Kier molecular flexibility index (Phi) is 4.17. The first kappa shape index (κ1) is 15.1. The van der Waals surface area contributed by atoms with E-state index >= 15 is 0 Å². The molecule has 1 aliphatic heterocycles. The van der Waals surface area contributed by atoms with E-state index in [1.165, 1.54) is 0 Å². The maximum absolute atomic E-state index is 12.7. The van der Waals surface area contributed by atoms with Crippen molar-refractivity contribution in [2.24, 2.45) is 0 Å². The fourth-order valence-corrected chi connectivity index (χ4v) is 3.25. The molecule has 1 atom stereocenters. The lowest BCUT2D eigenvalue weighted by Gasteiger charge is -2.32. The molecule has 22 heavy (non-hydrogen) atoms. The number of benzene rings is 1. The number of hydrogen-bond donors (Lipinski definition) is 2. The number of aromatic nitrogens is 1. The van der Waals surface area contributed by atoms with Gasteiger partial charge in [0.2, 0.25) is 0 Å². The molecule has 1 aromatic carbocycles. The zero-order valence-electron chi connectivity index (χ0n) is 11.7. The summed E-state index contributed by atoms with van der Waals surface area (Å²) in [7, 11) is 0. The van der Waals surface area contributed by atoms with Gasteiger partial charge in [-0.1, -0.05) is 18.2 Å². The van der Waals surface area contributed by atoms with Crippen molar-refractivity contribution < 1.29 is 19.4 Å². The fraction of sp³-hybridized carbons (Fsp3) is 0.333. The summed E-state index contributed by atoms with van der Waals surface area (Å²) in [5.74, 6) is -1.08. The van der Waals surface area contributed by atoms with Gasteiger partial charge in [0.15, 0.2) is 0 Å². The molecule has 1 unspecified atom stereocenters. The molecule has 2 aromatic rings. The number of carbonyl (C=O) groups is 2. The summed E-state index contributed by atoms with van der Waals surface area (Å²) in [6.45, 7) is 1.09. The molecule has 1 aliphatic rings. The first-order chi connectivity index (χ1) is 10.6. The topological polar surface area (TPSA) is 82.6 Å². The van der Waals surface area contributed by atoms with Crippen LogP contribution < -0.4 is 0 Å². The molecule has 0 radical (unpaired) electrons. The molecule has 0 aliphatic carbocycles. The Labute approximate surface area is 135 Å². The molecule has 6 nitrogen and oxygen atoms in total. The van der Waals surface area contributed by atoms with E-state index in [9.17, 15) is 9.59 Å². The van der Waals surface area contributed by atoms with Crippen LogP contribution in [0.2, 0.25) is 0 Å². The Morgan fingerprint density at radius 3 is 2.91 bits per heavy atom. The van der Waals surface area contributed by atoms with Crippen molar-refractivity contribution in [2.45, 2.75) is 12.5 Å². The predicted octanol–water partition coefficient (Wildman–Crippen LogP) is 2.25. The van der Waals surface area contributed by atoms with Gasteiger partial charge in [0.1, 0.15) is 5.69 Å². The molecule has 116 valence electrons. The molecule has 1 saturated heterocycles. The SMILES string of the molecule is O=C(O)CC1CN(C(=O)c2[nH]c3ccccc3c2Br)CCO1. The lowest BCUT2D eigenvalue weighted by Crippen LogP contribution is -2.46. The van der Waals surface area contributed by atoms with Gasteiger partial charge in [-0.25, -0.2) is 0 Å². The van der Waals surface area contributed by atoms with E-state index in [2.05, 4.69) is 20.9 Å². The molecule has 2 heterocycles. The van der Waals surface area contributed by atoms with Crippen molar-refractivity contribution >= 4 is 38.7 Å². The number of halogens is 1. The summed E-state index contributed by atoms with van der Waals surface area (Å²) in [6, 6.07) is 7.65. The highest BCUT2D eigenvalue weighted by Crippen LogP contribution is 2.29. The summed E-state index contributed by atoms with van der Waals surface area (Å²) < 4.78 is 6.13. The van der Waals surface area contributed by atoms with Crippen LogP contribution in [0.5, 0.6) is 0 Å². The second-order valence-corrected chi connectivity index (χ2v) is 5.99. The molecule has 2 N–H and O–H groups in total. The summed E-state index contributed by atoms with van der Waals surface area (Å²) in [6.07, 6.45) is -0.559. The van der Waals surface area contributed by atoms with Gasteiger partial charge < -0.3 is 19.7 Å². The smallest absolute Gasteiger partial charge is 0.306 e. The number of hydrogen-bond acceptors (Lipinski definition) is 3. The summed E-state index contributed by atoms with van der Waals surface area (Å²) >= 11 is 3.47. The van der Waals surface area contributed by atoms with E-state index in [0.29, 0.717) is 18.8 Å². The number of ether oxygens (including phenoxy) is 1. The number of para-hydroxylation sites is 1. The number of aliphatic carboxylic acids is 1. The highest BCUT2D eigenvalue weighted by Gasteiger charge is 2.28. The zero-order chi connectivity index (χ0) is 15.7. The lowest BCUT2D eigenvalue weighted by atomic mass is 10.2. The monoisotopic (exact) mass is 366 g/mol. The maximum Gasteiger partial charge on any atom is 0.306 e. The van der Waals surface area contributed by atoms with Crippen LogP contribution in [0.3, 0.4) is 0 Å². The Hall–Kier alpha value is -1.86. The molecular weight excluding hydrogens is 352 g/mol. The van der Waals surface area contributed by atoms with Gasteiger partial charge in [0.25, 0.3) is 5.91 Å². The standard InChI is InChI=1S/C15H15BrN2O4/c16-13-10-3-1-2-4-11(10)17-14(13)15(21)18-5-6-22-9(8-18)7-12(19)20/h1-4,9,17H,5-8H2,(H,19,20). The molecule has 1 amide bonds. The highest BCUT2D eigenvalue weighted by molar-refractivity contribution is 9.10. The van der Waals surface area contributed by atoms with E-state index in [0.717, 1.165) is 15.4 Å². The van der Waals surface area contributed by atoms with Crippen molar-refractivity contribution in [3.05, 3.63) is 34.4 Å². The first-order valence-corrected chi connectivity index (χ1v) is 7.74. The third kappa shape index (κ3) is 2.86. The van der Waals surface area contributed by atoms with Gasteiger partial charge in [0.05, 0.1) is 23.6 Å². The van der Waals surface area contributed by atoms with Gasteiger partial charge in [-0.3, -0.25) is 9.59 Å². The third-order valence-corrected chi connectivity index (χ3v) is 4.51. The number of fused-ring (bicyclic) bond motifs is 1. The summed E-state index contributed by atoms with van der Waals surface area (Å²) in [5.41, 5.74) is 1.37. The van der Waals surface area contributed by atoms with Gasteiger partial charge in [-0.15, -0.1) is 0 Å². The number of aromatic amines is 1. The quantitative estimate of drug-likeness (QED) is 0.872. The van der Waals surface area contributed by atoms with Crippen LogP contribution in [0.1, 0.15) is 16.9 Å². The Morgan fingerprint density at radius 1 is 1.41 bits per heavy atom. The second-order valence-electron chi connectivity index (χ2n) is 5.20. The van der Waals surface area contributed by atoms with E-state index in [1.54, 1.807) is 4.90 Å². The minimum Gasteiger partial charge on any atom is -0.481 e. The number of carbonyl (C=O) groups excluding carboxylic acids is 1. The lowest BCUT2D eigenvalue weighted by molar-refractivity contribution is -0.141. The Morgan fingerprint density at radius 2 is 2.18 bits per heavy atom. The van der Waals surface area contributed by atoms with Crippen molar-refractivity contribution in [1.29, 1.82) is 0 Å². The van der Waals surface area contributed by atoms with Gasteiger partial charge >= 0.3 is 5.97 Å². The minimum atomic E-state index is -0.925. The van der Waals surface area contributed by atoms with Gasteiger partial charge in [-0.05, 0) is 22.0 Å². The number of carboxylic acids is 1. The molecule has 3 rings (SSSR count). The molecule has 0 bridgehead atoms. The molecule has 0 saturated carbocycles. The predicted molar refractivity (Wildman–Crippen MR) is 83.9 cm³/mol. The van der Waals surface area contributed by atoms with E-state index in [4.69, 9.17) is 9.84 Å². The Bertz CT molecular complexity index is 727. The number of amides is 1. The van der Waals surface area contributed by atoms with Crippen LogP contribution in [0, 0.1) is 0 Å². The van der Waals surface area contributed by atoms with Crippen molar-refractivity contribution in [3.63, 3.8) is 0 Å². The first-order valence-electron chi connectivity index (χ1n) is 6.95. The van der Waals surface area contributed by atoms with E-state index in [-0.39, 0.29) is 18.9 Å². The number of rotatable bonds is 3.